The summed E-state index contributed by atoms with van der Waals surface area (Å²) >= 11 is 0. The Labute approximate surface area is 102 Å². The van der Waals surface area contributed by atoms with Crippen molar-refractivity contribution in [3.63, 3.8) is 0 Å². The summed E-state index contributed by atoms with van der Waals surface area (Å²) in [6.45, 7) is 0.464. The molecule has 1 N–H and O–H groups in total. The average Bonchev–Trinajstić information content (AvgIpc) is 2.47. The highest BCUT2D eigenvalue weighted by Crippen LogP contribution is 2.04. The van der Waals surface area contributed by atoms with Crippen LogP contribution >= 0.6 is 0 Å². The van der Waals surface area contributed by atoms with Crippen LogP contribution in [0.3, 0.4) is 0 Å². The summed E-state index contributed by atoms with van der Waals surface area (Å²) in [7, 11) is 0. The molecule has 0 saturated carbocycles. The number of rotatable bonds is 4. The maximum Gasteiger partial charge on any atom is 0.123 e. The molecule has 0 unspecified atom stereocenters. The smallest absolute Gasteiger partial charge is 0.123 e. The summed E-state index contributed by atoms with van der Waals surface area (Å²) in [5, 5.41) is 2.97. The van der Waals surface area contributed by atoms with Crippen LogP contribution in [0.1, 0.15) is 18.0 Å². The van der Waals surface area contributed by atoms with Gasteiger partial charge in [-0.2, -0.15) is 0 Å². The number of benzene rings is 2. The Morgan fingerprint density at radius 2 is 1.81 bits per heavy atom. The van der Waals surface area contributed by atoms with Gasteiger partial charge in [-0.05, 0) is 23.3 Å². The van der Waals surface area contributed by atoms with Gasteiger partial charge in [-0.3, -0.25) is 0 Å². The van der Waals surface area contributed by atoms with Crippen molar-refractivity contribution in [1.82, 2.24) is 5.32 Å². The molecule has 0 amide bonds. The third-order valence-corrected chi connectivity index (χ3v) is 2.07. The van der Waals surface area contributed by atoms with Gasteiger partial charge < -0.3 is 5.32 Å². The largest absolute Gasteiger partial charge is 0.309 e. The van der Waals surface area contributed by atoms with E-state index in [9.17, 15) is 4.39 Å². The summed E-state index contributed by atoms with van der Waals surface area (Å²) in [6.07, 6.45) is 0. The monoisotopic (exact) mass is 220 g/mol. The van der Waals surface area contributed by atoms with Gasteiger partial charge >= 0.3 is 0 Å². The summed E-state index contributed by atoms with van der Waals surface area (Å²) in [4.78, 5) is 0. The molecular formula is C14H14FN. The third-order valence-electron chi connectivity index (χ3n) is 2.07. The predicted octanol–water partition coefficient (Wildman–Crippen LogP) is 3.12. The molecule has 0 aromatic heterocycles. The fourth-order valence-electron chi connectivity index (χ4n) is 1.34. The quantitative estimate of drug-likeness (QED) is 0.834. The minimum atomic E-state index is -0.404. The Morgan fingerprint density at radius 3 is 2.56 bits per heavy atom. The first kappa shape index (κ1) is 6.16. The summed E-state index contributed by atoms with van der Waals surface area (Å²) in [6, 6.07) is 4.54. The first-order chi connectivity index (χ1) is 9.91. The van der Waals surface area contributed by atoms with Crippen LogP contribution in [0.4, 0.5) is 4.39 Å². The van der Waals surface area contributed by atoms with Crippen molar-refractivity contribution < 1.29 is 11.2 Å². The van der Waals surface area contributed by atoms with E-state index in [4.69, 9.17) is 6.85 Å². The normalized spacial score (nSPS) is 14.7. The minimum absolute atomic E-state index is 0.117. The fourth-order valence-corrected chi connectivity index (χ4v) is 1.34. The molecule has 0 aliphatic heterocycles. The molecule has 1 nitrogen and oxygen atoms in total. The molecule has 0 saturated heterocycles. The van der Waals surface area contributed by atoms with Crippen LogP contribution in [0.25, 0.3) is 0 Å². The second kappa shape index (κ2) is 5.42. The van der Waals surface area contributed by atoms with Crippen LogP contribution in [0.2, 0.25) is 0 Å². The fraction of sp³-hybridized carbons (Fsp3) is 0.143. The van der Waals surface area contributed by atoms with E-state index in [1.807, 2.05) is 0 Å². The number of nitrogens with one attached hydrogen (secondary N) is 1. The molecule has 0 fully saturated rings. The number of halogens is 1. The van der Waals surface area contributed by atoms with E-state index >= 15 is 0 Å². The summed E-state index contributed by atoms with van der Waals surface area (Å²) in [5.74, 6) is -0.336. The molecule has 0 atom stereocenters. The second-order valence-electron chi connectivity index (χ2n) is 3.34. The molecule has 0 spiro atoms. The Morgan fingerprint density at radius 1 is 1.06 bits per heavy atom. The average molecular weight is 220 g/mol. The Bertz CT molecular complexity index is 646. The van der Waals surface area contributed by atoms with Crippen molar-refractivity contribution >= 4 is 0 Å². The van der Waals surface area contributed by atoms with Gasteiger partial charge in [0.1, 0.15) is 5.82 Å². The molecule has 2 aromatic carbocycles. The van der Waals surface area contributed by atoms with Gasteiger partial charge in [0.25, 0.3) is 0 Å². The topological polar surface area (TPSA) is 12.0 Å². The maximum absolute atomic E-state index is 13.0. The zero-order valence-corrected chi connectivity index (χ0v) is 8.60. The third kappa shape index (κ3) is 3.17. The molecule has 0 bridgehead atoms. The standard InChI is InChI=1S/C14H14FN/c15-14-8-4-7-13(9-14)11-16-10-12-5-2-1-3-6-12/h1-9,16H,10-11H2/i1D,2D,3D,5D,6D. The van der Waals surface area contributed by atoms with Crippen LogP contribution < -0.4 is 5.32 Å². The van der Waals surface area contributed by atoms with Crippen molar-refractivity contribution in [2.24, 2.45) is 0 Å². The number of hydrogen-bond donors (Lipinski definition) is 1. The van der Waals surface area contributed by atoms with E-state index in [0.29, 0.717) is 6.54 Å². The van der Waals surface area contributed by atoms with Crippen molar-refractivity contribution in [2.75, 3.05) is 0 Å². The van der Waals surface area contributed by atoms with Crippen LogP contribution in [0, 0.1) is 5.82 Å². The Balaban J connectivity index is 2.14. The van der Waals surface area contributed by atoms with E-state index in [2.05, 4.69) is 5.32 Å². The molecule has 0 heterocycles. The predicted molar refractivity (Wildman–Crippen MR) is 63.4 cm³/mol. The Kier molecular flexibility index (Phi) is 2.09. The van der Waals surface area contributed by atoms with Gasteiger partial charge in [-0.25, -0.2) is 4.39 Å². The minimum Gasteiger partial charge on any atom is -0.309 e. The van der Waals surface area contributed by atoms with Crippen LogP contribution in [0.15, 0.2) is 54.5 Å². The van der Waals surface area contributed by atoms with Crippen molar-refractivity contribution in [3.05, 3.63) is 71.4 Å². The SMILES string of the molecule is [2H]c1c([2H])c([2H])c(CNCc2cccc(F)c2)c([2H])c1[2H]. The van der Waals surface area contributed by atoms with Crippen LogP contribution in [-0.4, -0.2) is 0 Å². The van der Waals surface area contributed by atoms with E-state index < -0.39 is 6.04 Å². The highest BCUT2D eigenvalue weighted by Gasteiger charge is 1.95. The molecule has 0 aliphatic rings. The van der Waals surface area contributed by atoms with E-state index in [1.165, 1.54) is 12.1 Å². The lowest BCUT2D eigenvalue weighted by molar-refractivity contribution is 0.620. The number of hydrogen-bond acceptors (Lipinski definition) is 1. The molecule has 82 valence electrons. The molecule has 2 heteroatoms. The first-order valence-electron chi connectivity index (χ1n) is 7.42. The van der Waals surface area contributed by atoms with Gasteiger partial charge in [0.15, 0.2) is 0 Å². The molecule has 2 aromatic rings. The van der Waals surface area contributed by atoms with E-state index in [1.54, 1.807) is 12.1 Å². The lowest BCUT2D eigenvalue weighted by atomic mass is 10.2. The summed E-state index contributed by atoms with van der Waals surface area (Å²) < 4.78 is 51.3. The maximum atomic E-state index is 13.0. The molecule has 0 aliphatic carbocycles. The molecule has 0 radical (unpaired) electrons. The highest BCUT2D eigenvalue weighted by molar-refractivity contribution is 5.17. The second-order valence-corrected chi connectivity index (χ2v) is 3.34. The van der Waals surface area contributed by atoms with Crippen LogP contribution in [-0.2, 0) is 13.1 Å². The van der Waals surface area contributed by atoms with Gasteiger partial charge in [0, 0.05) is 13.1 Å². The van der Waals surface area contributed by atoms with Crippen molar-refractivity contribution in [2.45, 2.75) is 13.1 Å². The first-order valence-corrected chi connectivity index (χ1v) is 4.92. The Hall–Kier alpha value is -1.67. The highest BCUT2D eigenvalue weighted by atomic mass is 19.1. The van der Waals surface area contributed by atoms with Crippen molar-refractivity contribution in [3.8, 4) is 0 Å². The van der Waals surface area contributed by atoms with Crippen LogP contribution in [0.5, 0.6) is 0 Å². The zero-order chi connectivity index (χ0) is 15.6. The molecular weight excluding hydrogens is 201 g/mol. The van der Waals surface area contributed by atoms with Crippen molar-refractivity contribution in [1.29, 1.82) is 0 Å². The lowest BCUT2D eigenvalue weighted by Crippen LogP contribution is -2.12. The van der Waals surface area contributed by atoms with Gasteiger partial charge in [0.2, 0.25) is 0 Å². The zero-order valence-electron chi connectivity index (χ0n) is 13.6. The molecule has 16 heavy (non-hydrogen) atoms. The van der Waals surface area contributed by atoms with E-state index in [-0.39, 0.29) is 42.1 Å². The van der Waals surface area contributed by atoms with Gasteiger partial charge in [-0.15, -0.1) is 0 Å². The summed E-state index contributed by atoms with van der Waals surface area (Å²) in [5.41, 5.74) is 0.930. The lowest BCUT2D eigenvalue weighted by Gasteiger charge is -2.05. The molecule has 2 rings (SSSR count). The van der Waals surface area contributed by atoms with Gasteiger partial charge in [-0.1, -0.05) is 42.3 Å². The van der Waals surface area contributed by atoms with Gasteiger partial charge in [0.05, 0.1) is 6.85 Å². The van der Waals surface area contributed by atoms with E-state index in [0.717, 1.165) is 5.56 Å².